The molecule has 0 spiro atoms. The number of allylic oxidation sites excluding steroid dienone is 1. The van der Waals surface area contributed by atoms with Gasteiger partial charge in [0.25, 0.3) is 0 Å². The molecule has 0 aliphatic heterocycles. The molecule has 3 fully saturated rings. The molecule has 0 amide bonds. The minimum absolute atomic E-state index is 0.0278. The Morgan fingerprint density at radius 2 is 0.845 bits per heavy atom. The van der Waals surface area contributed by atoms with Crippen LogP contribution in [-0.2, 0) is 18.9 Å². The lowest BCUT2D eigenvalue weighted by molar-refractivity contribution is 0.0381. The zero-order valence-corrected chi connectivity index (χ0v) is 47.5. The molecule has 0 saturated heterocycles. The summed E-state index contributed by atoms with van der Waals surface area (Å²) in [6.45, 7) is 6.03. The number of carboxylic acid groups (broad SMARTS) is 3. The summed E-state index contributed by atoms with van der Waals surface area (Å²) in [6, 6.07) is 12.8. The summed E-state index contributed by atoms with van der Waals surface area (Å²) >= 11 is 18.3. The van der Waals surface area contributed by atoms with Crippen LogP contribution >= 0.6 is 34.8 Å². The predicted molar refractivity (Wildman–Crippen MR) is 307 cm³/mol. The summed E-state index contributed by atoms with van der Waals surface area (Å²) < 4.78 is 50.3. The van der Waals surface area contributed by atoms with Gasteiger partial charge in [-0.25, -0.2) is 18.8 Å². The monoisotopic (exact) mass is 1230 g/mol. The lowest BCUT2D eigenvalue weighted by Gasteiger charge is -2.14. The Kier molecular flexibility index (Phi) is 27.0. The van der Waals surface area contributed by atoms with Crippen LogP contribution in [0.4, 0.5) is 4.39 Å². The third kappa shape index (κ3) is 19.3. The van der Waals surface area contributed by atoms with Gasteiger partial charge in [-0.2, -0.15) is 10.5 Å². The van der Waals surface area contributed by atoms with E-state index in [0.29, 0.717) is 77.5 Å². The number of hydrogen-bond acceptors (Lipinski definition) is 17. The van der Waals surface area contributed by atoms with Crippen molar-refractivity contribution in [2.24, 2.45) is 0 Å². The highest BCUT2D eigenvalue weighted by atomic mass is 35.5. The van der Waals surface area contributed by atoms with Crippen molar-refractivity contribution in [3.05, 3.63) is 136 Å². The van der Waals surface area contributed by atoms with E-state index in [1.807, 2.05) is 10.6 Å². The van der Waals surface area contributed by atoms with E-state index in [9.17, 15) is 43.4 Å². The minimum Gasteiger partial charge on any atom is -0.490 e. The Bertz CT molecular complexity index is 3570. The first-order valence-corrected chi connectivity index (χ1v) is 27.3. The van der Waals surface area contributed by atoms with Gasteiger partial charge in [0, 0.05) is 48.2 Å². The first kappa shape index (κ1) is 67.3. The highest BCUT2D eigenvalue weighted by Gasteiger charge is 2.30. The smallest absolute Gasteiger partial charge is 0.341 e. The molecular formula is C57H61Cl3FN5O18. The number of carbonyl (C=O) groups is 3. The van der Waals surface area contributed by atoms with Crippen LogP contribution in [0.25, 0.3) is 32.7 Å². The van der Waals surface area contributed by atoms with Gasteiger partial charge in [-0.1, -0.05) is 41.4 Å². The molecule has 6 N–H and O–H groups in total. The zero-order valence-electron chi connectivity index (χ0n) is 45.2. The number of pyridine rings is 3. The molecule has 3 saturated carbocycles. The summed E-state index contributed by atoms with van der Waals surface area (Å²) in [7, 11) is 0. The molecule has 0 bridgehead atoms. The maximum atomic E-state index is 13.5. The van der Waals surface area contributed by atoms with Crippen molar-refractivity contribution in [1.82, 2.24) is 13.7 Å². The number of aliphatic hydroxyl groups excluding tert-OH is 3. The van der Waals surface area contributed by atoms with Crippen molar-refractivity contribution in [3.63, 3.8) is 0 Å². The normalized spacial score (nSPS) is 13.1. The average Bonchev–Trinajstić information content (AvgIpc) is 3.83. The molecule has 3 aromatic heterocycles. The second-order valence-electron chi connectivity index (χ2n) is 18.4. The molecule has 3 aliphatic rings. The Balaban J connectivity index is 0.000000214. The molecule has 3 heterocycles. The van der Waals surface area contributed by atoms with Gasteiger partial charge in [0.2, 0.25) is 16.3 Å². The predicted octanol–water partition coefficient (Wildman–Crippen LogP) is 7.60. The van der Waals surface area contributed by atoms with Crippen molar-refractivity contribution in [2.45, 2.75) is 63.1 Å². The van der Waals surface area contributed by atoms with E-state index in [1.165, 1.54) is 42.9 Å². The quantitative estimate of drug-likeness (QED) is 0.0237. The zero-order chi connectivity index (χ0) is 61.5. The van der Waals surface area contributed by atoms with Crippen molar-refractivity contribution in [3.8, 4) is 23.6 Å². The molecular weight excluding hydrogens is 1170 g/mol. The molecule has 9 rings (SSSR count). The fourth-order valence-electron chi connectivity index (χ4n) is 7.95. The summed E-state index contributed by atoms with van der Waals surface area (Å²) in [6.07, 6.45) is 11.2. The van der Waals surface area contributed by atoms with Gasteiger partial charge < -0.3 is 72.8 Å². The van der Waals surface area contributed by atoms with Crippen molar-refractivity contribution in [1.29, 1.82) is 10.5 Å². The maximum Gasteiger partial charge on any atom is 0.341 e. The number of aliphatic hydroxyl groups is 3. The number of ether oxygens (including phenoxy) is 6. The van der Waals surface area contributed by atoms with E-state index in [-0.39, 0.29) is 109 Å². The second-order valence-corrected chi connectivity index (χ2v) is 19.6. The van der Waals surface area contributed by atoms with Crippen LogP contribution in [0.15, 0.2) is 82.0 Å². The van der Waals surface area contributed by atoms with E-state index in [0.717, 1.165) is 44.6 Å². The lowest BCUT2D eigenvalue weighted by atomic mass is 10.1. The number of nitriles is 2. The van der Waals surface area contributed by atoms with Gasteiger partial charge in [-0.3, -0.25) is 14.4 Å². The fraction of sp³-hybridized carbons (Fsp3) is 0.404. The molecule has 0 radical (unpaired) electrons. The van der Waals surface area contributed by atoms with Gasteiger partial charge in [0.1, 0.15) is 47.2 Å². The number of carboxylic acids is 3. The fourth-order valence-corrected chi connectivity index (χ4v) is 8.53. The molecule has 27 heteroatoms. The van der Waals surface area contributed by atoms with Gasteiger partial charge in [0.15, 0.2) is 0 Å². The molecule has 0 unspecified atom stereocenters. The lowest BCUT2D eigenvalue weighted by Crippen LogP contribution is -2.19. The number of halogens is 4. The highest BCUT2D eigenvalue weighted by Crippen LogP contribution is 2.41. The largest absolute Gasteiger partial charge is 0.490 e. The SMILES string of the molecule is C=CC#N.N#CCCOCCOCCOc1cc2c(=O)c(C(=O)O)cn(C3CC3)c2cc1Cl.O=C(O)c1cn(C2CC2)c2cc(Cl)c(F)cc2c1=O.O=C(O)c1cn(C2CC2)c2cc(Cl)c(OCCOCCO)cc2c1=O.OCCOCCO. The van der Waals surface area contributed by atoms with E-state index in [4.69, 9.17) is 89.4 Å². The molecule has 3 aromatic carbocycles. The van der Waals surface area contributed by atoms with Gasteiger partial charge >= 0.3 is 17.9 Å². The molecule has 0 atom stereocenters. The van der Waals surface area contributed by atoms with Crippen LogP contribution in [0.5, 0.6) is 11.5 Å². The van der Waals surface area contributed by atoms with Crippen molar-refractivity contribution in [2.75, 3.05) is 85.9 Å². The van der Waals surface area contributed by atoms with Gasteiger partial charge in [-0.15, -0.1) is 0 Å². The summed E-state index contributed by atoms with van der Waals surface area (Å²) in [5, 5.41) is 69.6. The van der Waals surface area contributed by atoms with Crippen molar-refractivity contribution >= 4 is 85.4 Å². The van der Waals surface area contributed by atoms with Gasteiger partial charge in [-0.05, 0) is 74.9 Å². The molecule has 3 aliphatic carbocycles. The Morgan fingerprint density at radius 1 is 0.536 bits per heavy atom. The number of nitrogens with zero attached hydrogens (tertiary/aromatic N) is 5. The van der Waals surface area contributed by atoms with E-state index < -0.39 is 40.0 Å². The second kappa shape index (κ2) is 33.7. The number of fused-ring (bicyclic) bond motifs is 3. The number of benzene rings is 3. The minimum atomic E-state index is -1.31. The van der Waals surface area contributed by atoms with Crippen LogP contribution in [-0.4, -0.2) is 148 Å². The number of rotatable bonds is 25. The standard InChI is InChI=1S/C20H21ClN2O6.C17H18ClNO6.C13H9ClFNO3.C4H10O3.C3H3N/c21-16-11-17-14(19(24)15(20(25)26)12-23(17)13-2-3-13)10-18(16)29-9-8-28-7-6-27-5-1-4-22;18-13-8-14-11(7-15(13)25-6-5-24-4-3-20)16(21)12(17(22)23)9-19(14)10-1-2-10;14-9-4-11-7(3-10(9)15)12(17)8(13(18)19)5-16(11)6-1-2-6;5-1-3-7-4-2-6;1-2-3-4/h10-13H,1-3,5-9H2,(H,25,26);7-10,20H,1-6H2,(H,22,23);3-6H,1-2H2,(H,18,19);5-6H,1-4H2;2H,1H2. The Hall–Kier alpha value is -7.46. The molecule has 23 nitrogen and oxygen atoms in total. The first-order chi connectivity index (χ1) is 40.4. The molecule has 84 heavy (non-hydrogen) atoms. The topological polar surface area (TPSA) is 342 Å². The third-order valence-corrected chi connectivity index (χ3v) is 13.1. The van der Waals surface area contributed by atoms with E-state index in [2.05, 4.69) is 11.3 Å². The van der Waals surface area contributed by atoms with Crippen LogP contribution in [0.1, 0.15) is 94.1 Å². The highest BCUT2D eigenvalue weighted by molar-refractivity contribution is 6.33. The summed E-state index contributed by atoms with van der Waals surface area (Å²) in [5.74, 6) is -3.95. The summed E-state index contributed by atoms with van der Waals surface area (Å²) in [4.78, 5) is 71.0. The number of aromatic nitrogens is 3. The van der Waals surface area contributed by atoms with Crippen LogP contribution in [0.3, 0.4) is 0 Å². The molecule has 450 valence electrons. The number of hydrogen-bond donors (Lipinski definition) is 6. The summed E-state index contributed by atoms with van der Waals surface area (Å²) in [5.41, 5.74) is -0.998. The van der Waals surface area contributed by atoms with Crippen molar-refractivity contribution < 1.29 is 77.8 Å². The number of aromatic carboxylic acids is 3. The first-order valence-electron chi connectivity index (χ1n) is 26.1. The molecule has 6 aromatic rings. The van der Waals surface area contributed by atoms with E-state index in [1.54, 1.807) is 27.3 Å². The third-order valence-electron chi connectivity index (χ3n) is 12.3. The van der Waals surface area contributed by atoms with Gasteiger partial charge in [0.05, 0.1) is 134 Å². The Labute approximate surface area is 493 Å². The Morgan fingerprint density at radius 3 is 1.17 bits per heavy atom. The van der Waals surface area contributed by atoms with Crippen LogP contribution in [0.2, 0.25) is 15.1 Å². The average molecular weight is 1230 g/mol. The van der Waals surface area contributed by atoms with Crippen LogP contribution in [0, 0.1) is 28.5 Å². The maximum absolute atomic E-state index is 13.5. The van der Waals surface area contributed by atoms with Crippen LogP contribution < -0.4 is 25.8 Å². The van der Waals surface area contributed by atoms with E-state index >= 15 is 0 Å².